The van der Waals surface area contributed by atoms with E-state index >= 15 is 0 Å². The lowest BCUT2D eigenvalue weighted by Gasteiger charge is -2.35. The van der Waals surface area contributed by atoms with Gasteiger partial charge in [0.25, 0.3) is 0 Å². The van der Waals surface area contributed by atoms with Crippen molar-refractivity contribution in [1.82, 2.24) is 0 Å². The Morgan fingerprint density at radius 1 is 1.12 bits per heavy atom. The summed E-state index contributed by atoms with van der Waals surface area (Å²) in [5.74, 6) is 1.09. The normalized spacial score (nSPS) is 15.8. The van der Waals surface area contributed by atoms with E-state index in [0.717, 1.165) is 6.42 Å². The van der Waals surface area contributed by atoms with Crippen molar-refractivity contribution in [3.8, 4) is 0 Å². The van der Waals surface area contributed by atoms with Crippen molar-refractivity contribution in [2.24, 2.45) is 11.3 Å². The van der Waals surface area contributed by atoms with Gasteiger partial charge in [0.1, 0.15) is 0 Å². The van der Waals surface area contributed by atoms with Gasteiger partial charge < -0.3 is 5.11 Å². The lowest BCUT2D eigenvalue weighted by molar-refractivity contribution is 0.139. The van der Waals surface area contributed by atoms with E-state index in [1.54, 1.807) is 0 Å². The number of hydrogen-bond acceptors (Lipinski definition) is 1. The van der Waals surface area contributed by atoms with E-state index in [0.29, 0.717) is 11.8 Å². The Bertz CT molecular complexity index is 302. The molecule has 1 aromatic carbocycles. The third-order valence-corrected chi connectivity index (χ3v) is 4.06. The van der Waals surface area contributed by atoms with E-state index in [9.17, 15) is 0 Å². The maximum atomic E-state index is 9.10. The summed E-state index contributed by atoms with van der Waals surface area (Å²) < 4.78 is 0. The summed E-state index contributed by atoms with van der Waals surface area (Å²) in [7, 11) is 0. The number of aliphatic hydroxyl groups excluding tert-OH is 1. The Morgan fingerprint density at radius 2 is 1.69 bits per heavy atom. The topological polar surface area (TPSA) is 20.2 Å². The standard InChI is InChI=1S/C15H24O/c1-12(14-8-6-5-7-9-14)13(2)15(3,4)10-11-16/h5-9,12-13,16H,10-11H2,1-4H3. The molecular formula is C15H24O. The molecule has 0 aliphatic carbocycles. The van der Waals surface area contributed by atoms with Crippen LogP contribution in [0.4, 0.5) is 0 Å². The van der Waals surface area contributed by atoms with Crippen LogP contribution in [0, 0.1) is 11.3 Å². The van der Waals surface area contributed by atoms with Crippen LogP contribution in [0.25, 0.3) is 0 Å². The molecule has 0 aromatic heterocycles. The fraction of sp³-hybridized carbons (Fsp3) is 0.600. The van der Waals surface area contributed by atoms with Crippen molar-refractivity contribution in [1.29, 1.82) is 0 Å². The number of hydrogen-bond donors (Lipinski definition) is 1. The minimum atomic E-state index is 0.185. The maximum absolute atomic E-state index is 9.10. The fourth-order valence-corrected chi connectivity index (χ4v) is 2.24. The highest BCUT2D eigenvalue weighted by Gasteiger charge is 2.29. The molecule has 90 valence electrons. The van der Waals surface area contributed by atoms with E-state index in [1.807, 2.05) is 0 Å². The molecule has 0 fully saturated rings. The van der Waals surface area contributed by atoms with Crippen LogP contribution in [0.5, 0.6) is 0 Å². The SMILES string of the molecule is CC(c1ccccc1)C(C)C(C)(C)CCO. The molecule has 0 spiro atoms. The first-order valence-electron chi connectivity index (χ1n) is 6.15. The van der Waals surface area contributed by atoms with E-state index < -0.39 is 0 Å². The van der Waals surface area contributed by atoms with Gasteiger partial charge in [0.2, 0.25) is 0 Å². The first kappa shape index (κ1) is 13.2. The molecule has 0 bridgehead atoms. The van der Waals surface area contributed by atoms with E-state index in [1.165, 1.54) is 5.56 Å². The molecule has 0 aliphatic rings. The average molecular weight is 220 g/mol. The molecule has 0 aliphatic heterocycles. The summed E-state index contributed by atoms with van der Waals surface area (Å²) in [6.07, 6.45) is 0.866. The van der Waals surface area contributed by atoms with Gasteiger partial charge in [-0.1, -0.05) is 58.0 Å². The molecule has 1 nitrogen and oxygen atoms in total. The lowest BCUT2D eigenvalue weighted by atomic mass is 9.70. The van der Waals surface area contributed by atoms with Gasteiger partial charge in [-0.05, 0) is 29.2 Å². The monoisotopic (exact) mass is 220 g/mol. The van der Waals surface area contributed by atoms with Gasteiger partial charge in [-0.2, -0.15) is 0 Å². The third-order valence-electron chi connectivity index (χ3n) is 4.06. The van der Waals surface area contributed by atoms with Gasteiger partial charge >= 0.3 is 0 Å². The van der Waals surface area contributed by atoms with Gasteiger partial charge in [-0.25, -0.2) is 0 Å². The second-order valence-electron chi connectivity index (χ2n) is 5.45. The predicted molar refractivity (Wildman–Crippen MR) is 69.5 cm³/mol. The Morgan fingerprint density at radius 3 is 2.19 bits per heavy atom. The molecule has 1 heteroatoms. The predicted octanol–water partition coefficient (Wildman–Crippen LogP) is 3.83. The molecule has 0 saturated carbocycles. The minimum absolute atomic E-state index is 0.185. The smallest absolute Gasteiger partial charge is 0.0436 e. The Labute approximate surface area is 99.5 Å². The molecule has 1 N–H and O–H groups in total. The molecule has 0 radical (unpaired) electrons. The van der Waals surface area contributed by atoms with E-state index in [4.69, 9.17) is 5.11 Å². The second kappa shape index (κ2) is 5.49. The van der Waals surface area contributed by atoms with Gasteiger partial charge in [0.05, 0.1) is 0 Å². The molecular weight excluding hydrogens is 196 g/mol. The van der Waals surface area contributed by atoms with Gasteiger partial charge in [0.15, 0.2) is 0 Å². The fourth-order valence-electron chi connectivity index (χ4n) is 2.24. The van der Waals surface area contributed by atoms with Crippen molar-refractivity contribution >= 4 is 0 Å². The first-order valence-corrected chi connectivity index (χ1v) is 6.15. The quantitative estimate of drug-likeness (QED) is 0.799. The van der Waals surface area contributed by atoms with Crippen molar-refractivity contribution in [3.05, 3.63) is 35.9 Å². The largest absolute Gasteiger partial charge is 0.396 e. The molecule has 16 heavy (non-hydrogen) atoms. The molecule has 1 aromatic rings. The van der Waals surface area contributed by atoms with Crippen LogP contribution in [-0.4, -0.2) is 11.7 Å². The van der Waals surface area contributed by atoms with Crippen molar-refractivity contribution < 1.29 is 5.11 Å². The third kappa shape index (κ3) is 3.08. The van der Waals surface area contributed by atoms with Crippen LogP contribution in [-0.2, 0) is 0 Å². The summed E-state index contributed by atoms with van der Waals surface area (Å²) in [6.45, 7) is 9.33. The zero-order valence-electron chi connectivity index (χ0n) is 10.9. The summed E-state index contributed by atoms with van der Waals surface area (Å²) in [5, 5.41) is 9.10. The van der Waals surface area contributed by atoms with Crippen molar-refractivity contribution in [3.63, 3.8) is 0 Å². The molecule has 2 atom stereocenters. The van der Waals surface area contributed by atoms with Gasteiger partial charge in [-0.3, -0.25) is 0 Å². The van der Waals surface area contributed by atoms with Crippen LogP contribution in [0.15, 0.2) is 30.3 Å². The Kier molecular flexibility index (Phi) is 4.55. The highest BCUT2D eigenvalue weighted by atomic mass is 16.3. The highest BCUT2D eigenvalue weighted by Crippen LogP contribution is 2.39. The van der Waals surface area contributed by atoms with Gasteiger partial charge in [-0.15, -0.1) is 0 Å². The zero-order valence-corrected chi connectivity index (χ0v) is 10.9. The summed E-state index contributed by atoms with van der Waals surface area (Å²) in [6, 6.07) is 10.6. The highest BCUT2D eigenvalue weighted by molar-refractivity contribution is 5.19. The van der Waals surface area contributed by atoms with Gasteiger partial charge in [0, 0.05) is 6.61 Å². The number of benzene rings is 1. The van der Waals surface area contributed by atoms with Crippen LogP contribution >= 0.6 is 0 Å². The van der Waals surface area contributed by atoms with Crippen LogP contribution < -0.4 is 0 Å². The molecule has 0 amide bonds. The van der Waals surface area contributed by atoms with E-state index in [2.05, 4.69) is 58.0 Å². The summed E-state index contributed by atoms with van der Waals surface area (Å²) in [4.78, 5) is 0. The van der Waals surface area contributed by atoms with Crippen molar-refractivity contribution in [2.75, 3.05) is 6.61 Å². The zero-order chi connectivity index (χ0) is 12.2. The summed E-state index contributed by atoms with van der Waals surface area (Å²) in [5.41, 5.74) is 1.57. The van der Waals surface area contributed by atoms with Crippen molar-refractivity contribution in [2.45, 2.75) is 40.0 Å². The number of rotatable bonds is 5. The maximum Gasteiger partial charge on any atom is 0.0436 e. The van der Waals surface area contributed by atoms with Crippen LogP contribution in [0.1, 0.15) is 45.6 Å². The lowest BCUT2D eigenvalue weighted by Crippen LogP contribution is -2.27. The number of aliphatic hydroxyl groups is 1. The average Bonchev–Trinajstić information content (AvgIpc) is 2.28. The van der Waals surface area contributed by atoms with Crippen LogP contribution in [0.2, 0.25) is 0 Å². The molecule has 0 saturated heterocycles. The second-order valence-corrected chi connectivity index (χ2v) is 5.45. The minimum Gasteiger partial charge on any atom is -0.396 e. The molecule has 0 heterocycles. The molecule has 1 rings (SSSR count). The Hall–Kier alpha value is -0.820. The summed E-state index contributed by atoms with van der Waals surface area (Å²) >= 11 is 0. The molecule has 2 unspecified atom stereocenters. The van der Waals surface area contributed by atoms with E-state index in [-0.39, 0.29) is 12.0 Å². The van der Waals surface area contributed by atoms with Crippen LogP contribution in [0.3, 0.4) is 0 Å². The Balaban J connectivity index is 2.78. The first-order chi connectivity index (χ1) is 7.49.